The van der Waals surface area contributed by atoms with E-state index in [-0.39, 0.29) is 5.56 Å². The molecule has 2 N–H and O–H groups in total. The molecule has 0 aliphatic rings. The third-order valence-corrected chi connectivity index (χ3v) is 2.67. The zero-order valence-corrected chi connectivity index (χ0v) is 10.8. The van der Waals surface area contributed by atoms with Crippen molar-refractivity contribution in [2.24, 2.45) is 0 Å². The average Bonchev–Trinajstić information content (AvgIpc) is 2.40. The van der Waals surface area contributed by atoms with E-state index in [2.05, 4.69) is 10.3 Å². The zero-order valence-electron chi connectivity index (χ0n) is 10.8. The maximum absolute atomic E-state index is 10.7. The van der Waals surface area contributed by atoms with Crippen LogP contribution in [0, 0.1) is 0 Å². The number of nitrogens with one attached hydrogen (secondary N) is 1. The number of benzene rings is 1. The van der Waals surface area contributed by atoms with Crippen LogP contribution in [0.25, 0.3) is 0 Å². The lowest BCUT2D eigenvalue weighted by Crippen LogP contribution is -2.08. The van der Waals surface area contributed by atoms with Crippen LogP contribution in [0.15, 0.2) is 42.6 Å². The number of nitrogens with zero attached hydrogens (tertiary/aromatic N) is 2. The fraction of sp³-hybridized carbons (Fsp3) is 0.143. The normalized spacial score (nSPS) is 10.0. The van der Waals surface area contributed by atoms with E-state index in [0.29, 0.717) is 5.82 Å². The van der Waals surface area contributed by atoms with Gasteiger partial charge in [-0.1, -0.05) is 0 Å². The predicted octanol–water partition coefficient (Wildman–Crippen LogP) is 2.59. The fourth-order valence-corrected chi connectivity index (χ4v) is 1.59. The summed E-state index contributed by atoms with van der Waals surface area (Å²) in [4.78, 5) is 16.8. The second kappa shape index (κ2) is 5.39. The minimum atomic E-state index is -0.977. The van der Waals surface area contributed by atoms with Gasteiger partial charge in [0.15, 0.2) is 0 Å². The van der Waals surface area contributed by atoms with E-state index < -0.39 is 5.97 Å². The monoisotopic (exact) mass is 257 g/mol. The quantitative estimate of drug-likeness (QED) is 0.881. The van der Waals surface area contributed by atoms with Crippen LogP contribution >= 0.6 is 0 Å². The minimum Gasteiger partial charge on any atom is -0.478 e. The number of carboxylic acids is 1. The molecule has 5 nitrogen and oxygen atoms in total. The Morgan fingerprint density at radius 2 is 1.84 bits per heavy atom. The van der Waals surface area contributed by atoms with Crippen molar-refractivity contribution in [2.45, 2.75) is 0 Å². The van der Waals surface area contributed by atoms with E-state index in [1.165, 1.54) is 12.3 Å². The Hall–Kier alpha value is -2.56. The number of carboxylic acid groups (broad SMARTS) is 1. The van der Waals surface area contributed by atoms with Crippen molar-refractivity contribution < 1.29 is 9.90 Å². The summed E-state index contributed by atoms with van der Waals surface area (Å²) in [5, 5.41) is 11.9. The SMILES string of the molecule is CN(C)c1ccc(Nc2ccc(C(=O)O)cn2)cc1. The van der Waals surface area contributed by atoms with Crippen LogP contribution in [0.1, 0.15) is 10.4 Å². The first-order chi connectivity index (χ1) is 9.06. The third-order valence-electron chi connectivity index (χ3n) is 2.67. The molecule has 5 heteroatoms. The lowest BCUT2D eigenvalue weighted by Gasteiger charge is -2.13. The Balaban J connectivity index is 2.10. The molecule has 0 fully saturated rings. The Labute approximate surface area is 111 Å². The van der Waals surface area contributed by atoms with E-state index >= 15 is 0 Å². The second-order valence-corrected chi connectivity index (χ2v) is 4.30. The van der Waals surface area contributed by atoms with Gasteiger partial charge < -0.3 is 15.3 Å². The highest BCUT2D eigenvalue weighted by atomic mass is 16.4. The number of anilines is 3. The smallest absolute Gasteiger partial charge is 0.337 e. The van der Waals surface area contributed by atoms with Gasteiger partial charge in [0.2, 0.25) is 0 Å². The number of hydrogen-bond acceptors (Lipinski definition) is 4. The number of aromatic nitrogens is 1. The van der Waals surface area contributed by atoms with Gasteiger partial charge in [-0.25, -0.2) is 9.78 Å². The van der Waals surface area contributed by atoms with E-state index in [9.17, 15) is 4.79 Å². The number of hydrogen-bond donors (Lipinski definition) is 2. The highest BCUT2D eigenvalue weighted by molar-refractivity contribution is 5.87. The Morgan fingerprint density at radius 1 is 1.16 bits per heavy atom. The molecule has 2 rings (SSSR count). The Bertz CT molecular complexity index is 562. The number of carbonyl (C=O) groups is 1. The molecule has 0 amide bonds. The van der Waals surface area contributed by atoms with Crippen molar-refractivity contribution in [1.82, 2.24) is 4.98 Å². The van der Waals surface area contributed by atoms with Crippen molar-refractivity contribution >= 4 is 23.2 Å². The van der Waals surface area contributed by atoms with E-state index in [4.69, 9.17) is 5.11 Å². The summed E-state index contributed by atoms with van der Waals surface area (Å²) in [6.45, 7) is 0. The van der Waals surface area contributed by atoms with E-state index in [0.717, 1.165) is 11.4 Å². The summed E-state index contributed by atoms with van der Waals surface area (Å²) < 4.78 is 0. The number of rotatable bonds is 4. The maximum Gasteiger partial charge on any atom is 0.337 e. The standard InChI is InChI=1S/C14H15N3O2/c1-17(2)12-6-4-11(5-7-12)16-13-8-3-10(9-15-13)14(18)19/h3-9H,1-2H3,(H,15,16)(H,18,19). The molecule has 1 aromatic carbocycles. The number of pyridine rings is 1. The third kappa shape index (κ3) is 3.22. The first-order valence-corrected chi connectivity index (χ1v) is 5.80. The van der Waals surface area contributed by atoms with Crippen LogP contribution in [0.5, 0.6) is 0 Å². The van der Waals surface area contributed by atoms with Gasteiger partial charge in [-0.2, -0.15) is 0 Å². The largest absolute Gasteiger partial charge is 0.478 e. The molecule has 0 saturated heterocycles. The highest BCUT2D eigenvalue weighted by Crippen LogP contribution is 2.18. The summed E-state index contributed by atoms with van der Waals surface area (Å²) in [6.07, 6.45) is 1.33. The van der Waals surface area contributed by atoms with Gasteiger partial charge >= 0.3 is 5.97 Å². The molecule has 2 aromatic rings. The summed E-state index contributed by atoms with van der Waals surface area (Å²) >= 11 is 0. The number of aromatic carboxylic acids is 1. The van der Waals surface area contributed by atoms with Crippen LogP contribution in [0.2, 0.25) is 0 Å². The molecule has 0 unspecified atom stereocenters. The van der Waals surface area contributed by atoms with Crippen LogP contribution in [0.4, 0.5) is 17.2 Å². The van der Waals surface area contributed by atoms with Crippen molar-refractivity contribution in [3.8, 4) is 0 Å². The van der Waals surface area contributed by atoms with Gasteiger partial charge in [-0.15, -0.1) is 0 Å². The molecule has 0 atom stereocenters. The maximum atomic E-state index is 10.7. The predicted molar refractivity (Wildman–Crippen MR) is 75.2 cm³/mol. The van der Waals surface area contributed by atoms with Gasteiger partial charge in [0.25, 0.3) is 0 Å². The molecule has 19 heavy (non-hydrogen) atoms. The van der Waals surface area contributed by atoms with E-state index in [1.807, 2.05) is 43.3 Å². The fourth-order valence-electron chi connectivity index (χ4n) is 1.59. The lowest BCUT2D eigenvalue weighted by molar-refractivity contribution is 0.0696. The Morgan fingerprint density at radius 3 is 2.32 bits per heavy atom. The zero-order chi connectivity index (χ0) is 13.8. The summed E-state index contributed by atoms with van der Waals surface area (Å²) in [5.74, 6) is -0.364. The van der Waals surface area contributed by atoms with Crippen LogP contribution in [-0.4, -0.2) is 30.2 Å². The molecule has 0 aliphatic carbocycles. The van der Waals surface area contributed by atoms with Gasteiger partial charge in [-0.05, 0) is 36.4 Å². The van der Waals surface area contributed by atoms with E-state index in [1.54, 1.807) is 6.07 Å². The van der Waals surface area contributed by atoms with Crippen molar-refractivity contribution in [2.75, 3.05) is 24.3 Å². The van der Waals surface area contributed by atoms with Gasteiger partial charge in [0, 0.05) is 31.7 Å². The van der Waals surface area contributed by atoms with Crippen molar-refractivity contribution in [3.63, 3.8) is 0 Å². The van der Waals surface area contributed by atoms with Gasteiger partial charge in [0.1, 0.15) is 5.82 Å². The van der Waals surface area contributed by atoms with Crippen LogP contribution in [0.3, 0.4) is 0 Å². The molecule has 1 heterocycles. The van der Waals surface area contributed by atoms with Crippen molar-refractivity contribution in [1.29, 1.82) is 0 Å². The average molecular weight is 257 g/mol. The molecule has 98 valence electrons. The van der Waals surface area contributed by atoms with Gasteiger partial charge in [0.05, 0.1) is 5.56 Å². The molecule has 0 aliphatic heterocycles. The molecule has 0 spiro atoms. The van der Waals surface area contributed by atoms with Crippen molar-refractivity contribution in [3.05, 3.63) is 48.2 Å². The summed E-state index contributed by atoms with van der Waals surface area (Å²) in [5.41, 5.74) is 2.19. The molecule has 0 radical (unpaired) electrons. The topological polar surface area (TPSA) is 65.5 Å². The molecular formula is C14H15N3O2. The second-order valence-electron chi connectivity index (χ2n) is 4.30. The molecule has 0 bridgehead atoms. The first-order valence-electron chi connectivity index (χ1n) is 5.80. The lowest BCUT2D eigenvalue weighted by atomic mass is 10.2. The first kappa shape index (κ1) is 12.9. The molecule has 1 aromatic heterocycles. The molecular weight excluding hydrogens is 242 g/mol. The minimum absolute atomic E-state index is 0.175. The summed E-state index contributed by atoms with van der Waals surface area (Å²) in [7, 11) is 3.96. The molecule has 0 saturated carbocycles. The van der Waals surface area contributed by atoms with Gasteiger partial charge in [-0.3, -0.25) is 0 Å². The Kier molecular flexibility index (Phi) is 3.66. The summed E-state index contributed by atoms with van der Waals surface area (Å²) in [6, 6.07) is 11.0. The van der Waals surface area contributed by atoms with Crippen LogP contribution < -0.4 is 10.2 Å². The van der Waals surface area contributed by atoms with Crippen LogP contribution in [-0.2, 0) is 0 Å². The highest BCUT2D eigenvalue weighted by Gasteiger charge is 2.03.